The van der Waals surface area contributed by atoms with Crippen LogP contribution in [-0.4, -0.2) is 38.4 Å². The SMILES string of the molecule is C=C1CC/C(=C/C(=O)OCC)C=C2CN(S(=O)(=O)c3ccc(C)cc3)C[C@H]12. The lowest BCUT2D eigenvalue weighted by Crippen LogP contribution is -2.29. The Morgan fingerprint density at radius 3 is 2.67 bits per heavy atom. The van der Waals surface area contributed by atoms with Crippen molar-refractivity contribution in [3.8, 4) is 0 Å². The molecule has 1 atom stereocenters. The van der Waals surface area contributed by atoms with Crippen LogP contribution < -0.4 is 0 Å². The molecule has 1 aromatic carbocycles. The molecule has 0 saturated carbocycles. The number of hydrogen-bond acceptors (Lipinski definition) is 4. The number of ether oxygens (including phenoxy) is 1. The molecule has 0 bridgehead atoms. The first-order chi connectivity index (χ1) is 12.8. The summed E-state index contributed by atoms with van der Waals surface area (Å²) in [6.07, 6.45) is 4.89. The third-order valence-electron chi connectivity index (χ3n) is 5.04. The summed E-state index contributed by atoms with van der Waals surface area (Å²) in [5, 5.41) is 0. The maximum Gasteiger partial charge on any atom is 0.331 e. The molecular formula is C21H25NO4S. The lowest BCUT2D eigenvalue weighted by atomic mass is 9.94. The maximum atomic E-state index is 13.0. The molecule has 2 aliphatic rings. The van der Waals surface area contributed by atoms with Gasteiger partial charge in [0.05, 0.1) is 11.5 Å². The van der Waals surface area contributed by atoms with E-state index in [1.807, 2.05) is 13.0 Å². The Balaban J connectivity index is 1.88. The van der Waals surface area contributed by atoms with E-state index < -0.39 is 10.0 Å². The van der Waals surface area contributed by atoms with E-state index in [0.717, 1.165) is 28.7 Å². The van der Waals surface area contributed by atoms with Crippen LogP contribution in [-0.2, 0) is 19.6 Å². The molecular weight excluding hydrogens is 362 g/mol. The summed E-state index contributed by atoms with van der Waals surface area (Å²) in [6.45, 7) is 8.90. The second kappa shape index (κ2) is 7.82. The van der Waals surface area contributed by atoms with Crippen molar-refractivity contribution >= 4 is 16.0 Å². The Labute approximate surface area is 161 Å². The number of sulfonamides is 1. The Kier molecular flexibility index (Phi) is 5.67. The Morgan fingerprint density at radius 2 is 2.00 bits per heavy atom. The summed E-state index contributed by atoms with van der Waals surface area (Å²) < 4.78 is 32.5. The van der Waals surface area contributed by atoms with Crippen LogP contribution in [0.3, 0.4) is 0 Å². The fourth-order valence-electron chi connectivity index (χ4n) is 3.52. The second-order valence-electron chi connectivity index (χ2n) is 7.01. The van der Waals surface area contributed by atoms with E-state index in [4.69, 9.17) is 4.74 Å². The zero-order chi connectivity index (χ0) is 19.6. The van der Waals surface area contributed by atoms with Crippen molar-refractivity contribution in [3.63, 3.8) is 0 Å². The van der Waals surface area contributed by atoms with E-state index in [1.54, 1.807) is 31.2 Å². The van der Waals surface area contributed by atoms with E-state index in [9.17, 15) is 13.2 Å². The van der Waals surface area contributed by atoms with Crippen LogP contribution in [0.5, 0.6) is 0 Å². The van der Waals surface area contributed by atoms with Crippen molar-refractivity contribution in [1.29, 1.82) is 0 Å². The normalized spacial score (nSPS) is 22.3. The predicted octanol–water partition coefficient (Wildman–Crippen LogP) is 3.38. The van der Waals surface area contributed by atoms with Crippen molar-refractivity contribution in [2.45, 2.75) is 31.6 Å². The van der Waals surface area contributed by atoms with Gasteiger partial charge in [-0.3, -0.25) is 0 Å². The van der Waals surface area contributed by atoms with Gasteiger partial charge in [0.25, 0.3) is 0 Å². The Bertz CT molecular complexity index is 910. The number of esters is 1. The van der Waals surface area contributed by atoms with E-state index >= 15 is 0 Å². The molecule has 27 heavy (non-hydrogen) atoms. The van der Waals surface area contributed by atoms with Crippen molar-refractivity contribution in [1.82, 2.24) is 4.31 Å². The molecule has 1 aliphatic carbocycles. The number of carbonyl (C=O) groups excluding carboxylic acids is 1. The lowest BCUT2D eigenvalue weighted by molar-refractivity contribution is -0.137. The third kappa shape index (κ3) is 4.22. The molecule has 5 nitrogen and oxygen atoms in total. The first kappa shape index (κ1) is 19.6. The molecule has 0 N–H and O–H groups in total. The number of nitrogens with zero attached hydrogens (tertiary/aromatic N) is 1. The van der Waals surface area contributed by atoms with Gasteiger partial charge < -0.3 is 4.74 Å². The zero-order valence-electron chi connectivity index (χ0n) is 15.8. The molecule has 0 aromatic heterocycles. The minimum Gasteiger partial charge on any atom is -0.463 e. The van der Waals surface area contributed by atoms with Crippen LogP contribution in [0.25, 0.3) is 0 Å². The molecule has 1 fully saturated rings. The van der Waals surface area contributed by atoms with Crippen LogP contribution in [0.1, 0.15) is 25.3 Å². The smallest absolute Gasteiger partial charge is 0.331 e. The van der Waals surface area contributed by atoms with Crippen LogP contribution in [0.15, 0.2) is 64.6 Å². The van der Waals surface area contributed by atoms with Gasteiger partial charge in [0, 0.05) is 25.1 Å². The van der Waals surface area contributed by atoms with Crippen LogP contribution in [0.4, 0.5) is 0 Å². The molecule has 0 radical (unpaired) electrons. The molecule has 6 heteroatoms. The highest BCUT2D eigenvalue weighted by Crippen LogP contribution is 2.37. The number of fused-ring (bicyclic) bond motifs is 1. The number of benzene rings is 1. The van der Waals surface area contributed by atoms with Gasteiger partial charge in [-0.05, 0) is 50.0 Å². The van der Waals surface area contributed by atoms with E-state index in [-0.39, 0.29) is 11.9 Å². The van der Waals surface area contributed by atoms with Gasteiger partial charge in [0.1, 0.15) is 0 Å². The van der Waals surface area contributed by atoms with Gasteiger partial charge in [-0.2, -0.15) is 4.31 Å². The molecule has 0 amide bonds. The lowest BCUT2D eigenvalue weighted by Gasteiger charge is -2.17. The largest absolute Gasteiger partial charge is 0.463 e. The van der Waals surface area contributed by atoms with E-state index in [2.05, 4.69) is 6.58 Å². The van der Waals surface area contributed by atoms with Crippen molar-refractivity contribution in [2.75, 3.05) is 19.7 Å². The first-order valence-electron chi connectivity index (χ1n) is 9.13. The second-order valence-corrected chi connectivity index (χ2v) is 8.95. The minimum absolute atomic E-state index is 0.00156. The highest BCUT2D eigenvalue weighted by atomic mass is 32.2. The fraction of sp³-hybridized carbons (Fsp3) is 0.381. The maximum absolute atomic E-state index is 13.0. The van der Waals surface area contributed by atoms with Crippen molar-refractivity contribution in [3.05, 3.63) is 65.3 Å². The number of carbonyl (C=O) groups is 1. The summed E-state index contributed by atoms with van der Waals surface area (Å²) in [5.41, 5.74) is 3.88. The van der Waals surface area contributed by atoms with Gasteiger partial charge in [-0.15, -0.1) is 0 Å². The van der Waals surface area contributed by atoms with Crippen LogP contribution in [0, 0.1) is 12.8 Å². The minimum atomic E-state index is -3.56. The van der Waals surface area contributed by atoms with Gasteiger partial charge in [0.15, 0.2) is 0 Å². The first-order valence-corrected chi connectivity index (χ1v) is 10.6. The molecule has 1 aliphatic heterocycles. The van der Waals surface area contributed by atoms with Crippen LogP contribution >= 0.6 is 0 Å². The molecule has 3 rings (SSSR count). The van der Waals surface area contributed by atoms with Gasteiger partial charge in [-0.25, -0.2) is 13.2 Å². The summed E-state index contributed by atoms with van der Waals surface area (Å²) in [4.78, 5) is 12.1. The molecule has 144 valence electrons. The predicted molar refractivity (Wildman–Crippen MR) is 105 cm³/mol. The Hall–Kier alpha value is -2.18. The zero-order valence-corrected chi connectivity index (χ0v) is 16.6. The topological polar surface area (TPSA) is 63.7 Å². The van der Waals surface area contributed by atoms with Crippen LogP contribution in [0.2, 0.25) is 0 Å². The molecule has 1 heterocycles. The van der Waals surface area contributed by atoms with Gasteiger partial charge >= 0.3 is 5.97 Å². The van der Waals surface area contributed by atoms with E-state index in [0.29, 0.717) is 31.0 Å². The summed E-state index contributed by atoms with van der Waals surface area (Å²) in [7, 11) is -3.56. The quantitative estimate of drug-likeness (QED) is 0.451. The fourth-order valence-corrected chi connectivity index (χ4v) is 4.96. The summed E-state index contributed by atoms with van der Waals surface area (Å²) >= 11 is 0. The van der Waals surface area contributed by atoms with Crippen molar-refractivity contribution in [2.24, 2.45) is 5.92 Å². The number of hydrogen-bond donors (Lipinski definition) is 0. The van der Waals surface area contributed by atoms with Crippen molar-refractivity contribution < 1.29 is 17.9 Å². The standard InChI is InChI=1S/C21H25NO4S/c1-4-26-21(23)12-17-8-7-16(3)20-14-22(13-18(20)11-17)27(24,25)19-9-5-15(2)6-10-19/h5-6,9-12,20H,3-4,7-8,13-14H2,1-2H3/b17-12-/t20-/m1/s1. The molecule has 0 unspecified atom stereocenters. The highest BCUT2D eigenvalue weighted by Gasteiger charge is 2.37. The third-order valence-corrected chi connectivity index (χ3v) is 6.87. The summed E-state index contributed by atoms with van der Waals surface area (Å²) in [6, 6.07) is 6.90. The average molecular weight is 388 g/mol. The summed E-state index contributed by atoms with van der Waals surface area (Å²) in [5.74, 6) is -0.367. The number of rotatable bonds is 4. The van der Waals surface area contributed by atoms with Gasteiger partial charge in [-0.1, -0.05) is 35.9 Å². The monoisotopic (exact) mass is 387 g/mol. The average Bonchev–Trinajstić information content (AvgIpc) is 2.99. The number of allylic oxidation sites excluding steroid dienone is 2. The number of aryl methyl sites for hydroxylation is 1. The van der Waals surface area contributed by atoms with Gasteiger partial charge in [0.2, 0.25) is 10.0 Å². The highest BCUT2D eigenvalue weighted by molar-refractivity contribution is 7.89. The molecule has 1 aromatic rings. The Morgan fingerprint density at radius 1 is 1.30 bits per heavy atom. The molecule has 1 saturated heterocycles. The molecule has 0 spiro atoms. The van der Waals surface area contributed by atoms with E-state index in [1.165, 1.54) is 10.4 Å².